The maximum atomic E-state index is 4.03. The van der Waals surface area contributed by atoms with Crippen LogP contribution in [-0.4, -0.2) is 4.98 Å². The molecule has 0 unspecified atom stereocenters. The SMILES string of the molecule is CC.CC.Cc1cc2cnccc2s1. The van der Waals surface area contributed by atoms with Crippen LogP contribution in [0.15, 0.2) is 24.5 Å². The largest absolute Gasteiger partial charge is 0.264 e. The van der Waals surface area contributed by atoms with Crippen molar-refractivity contribution in [2.24, 2.45) is 0 Å². The molecule has 2 heteroatoms. The average molecular weight is 209 g/mol. The summed E-state index contributed by atoms with van der Waals surface area (Å²) in [5.74, 6) is 0. The Hall–Kier alpha value is -0.890. The van der Waals surface area contributed by atoms with E-state index in [1.165, 1.54) is 15.0 Å². The van der Waals surface area contributed by atoms with Crippen molar-refractivity contribution in [1.29, 1.82) is 0 Å². The van der Waals surface area contributed by atoms with Gasteiger partial charge in [-0.1, -0.05) is 27.7 Å². The topological polar surface area (TPSA) is 12.9 Å². The number of hydrogen-bond donors (Lipinski definition) is 0. The standard InChI is InChI=1S/C8H7NS.2C2H6/c1-6-4-7-5-9-3-2-8(7)10-6;2*1-2/h2-5H,1H3;2*1-2H3. The number of thiophene rings is 1. The maximum Gasteiger partial charge on any atom is 0.0376 e. The van der Waals surface area contributed by atoms with Gasteiger partial charge in [0.25, 0.3) is 0 Å². The van der Waals surface area contributed by atoms with Crippen molar-refractivity contribution in [3.05, 3.63) is 29.4 Å². The summed E-state index contributed by atoms with van der Waals surface area (Å²) in [4.78, 5) is 5.38. The first-order valence-electron chi connectivity index (χ1n) is 5.16. The van der Waals surface area contributed by atoms with E-state index in [9.17, 15) is 0 Å². The molecule has 2 heterocycles. The van der Waals surface area contributed by atoms with Gasteiger partial charge in [0.05, 0.1) is 0 Å². The number of fused-ring (bicyclic) bond motifs is 1. The molecular weight excluding hydrogens is 190 g/mol. The summed E-state index contributed by atoms with van der Waals surface area (Å²) in [6.07, 6.45) is 3.73. The summed E-state index contributed by atoms with van der Waals surface area (Å²) in [5, 5.41) is 1.25. The highest BCUT2D eigenvalue weighted by atomic mass is 32.1. The van der Waals surface area contributed by atoms with E-state index in [1.807, 2.05) is 57.5 Å². The van der Waals surface area contributed by atoms with Gasteiger partial charge in [0.15, 0.2) is 0 Å². The highest BCUT2D eigenvalue weighted by Gasteiger charge is 1.94. The number of aryl methyl sites for hydroxylation is 1. The molecule has 0 fully saturated rings. The van der Waals surface area contributed by atoms with Crippen molar-refractivity contribution < 1.29 is 0 Å². The summed E-state index contributed by atoms with van der Waals surface area (Å²) in [6, 6.07) is 4.21. The molecule has 2 aromatic heterocycles. The van der Waals surface area contributed by atoms with Gasteiger partial charge in [-0.25, -0.2) is 0 Å². The third-order valence-corrected chi connectivity index (χ3v) is 2.47. The molecule has 0 aliphatic rings. The minimum absolute atomic E-state index is 1.25. The molecule has 0 spiro atoms. The summed E-state index contributed by atoms with van der Waals surface area (Å²) in [6.45, 7) is 10.1. The second kappa shape index (κ2) is 7.51. The molecule has 2 aromatic rings. The normalized spacial score (nSPS) is 8.36. The first kappa shape index (κ1) is 13.1. The molecule has 1 nitrogen and oxygen atoms in total. The molecule has 78 valence electrons. The molecule has 0 amide bonds. The molecule has 0 atom stereocenters. The van der Waals surface area contributed by atoms with E-state index in [0.717, 1.165) is 0 Å². The number of aromatic nitrogens is 1. The van der Waals surface area contributed by atoms with Gasteiger partial charge in [-0.3, -0.25) is 4.98 Å². The first-order valence-corrected chi connectivity index (χ1v) is 5.98. The summed E-state index contributed by atoms with van der Waals surface area (Å²) in [7, 11) is 0. The van der Waals surface area contributed by atoms with Crippen LogP contribution in [-0.2, 0) is 0 Å². The van der Waals surface area contributed by atoms with Gasteiger partial charge in [0.1, 0.15) is 0 Å². The third kappa shape index (κ3) is 3.46. The van der Waals surface area contributed by atoms with Gasteiger partial charge < -0.3 is 0 Å². The second-order valence-electron chi connectivity index (χ2n) is 2.27. The molecule has 0 N–H and O–H groups in total. The zero-order chi connectivity index (χ0) is 11.0. The van der Waals surface area contributed by atoms with Crippen LogP contribution >= 0.6 is 11.3 Å². The number of hydrogen-bond acceptors (Lipinski definition) is 2. The summed E-state index contributed by atoms with van der Waals surface area (Å²) in [5.41, 5.74) is 0. The molecule has 0 aliphatic carbocycles. The van der Waals surface area contributed by atoms with Gasteiger partial charge in [-0.05, 0) is 19.1 Å². The maximum absolute atomic E-state index is 4.03. The third-order valence-electron chi connectivity index (χ3n) is 1.44. The van der Waals surface area contributed by atoms with Gasteiger partial charge in [-0.15, -0.1) is 11.3 Å². The minimum atomic E-state index is 1.25. The average Bonchev–Trinajstić information content (AvgIpc) is 2.64. The molecule has 14 heavy (non-hydrogen) atoms. The van der Waals surface area contributed by atoms with Crippen molar-refractivity contribution in [2.75, 3.05) is 0 Å². The van der Waals surface area contributed by atoms with Crippen LogP contribution in [0.1, 0.15) is 32.6 Å². The Morgan fingerprint density at radius 1 is 1.14 bits per heavy atom. The van der Waals surface area contributed by atoms with E-state index in [4.69, 9.17) is 0 Å². The lowest BCUT2D eigenvalue weighted by Gasteiger charge is -1.81. The lowest BCUT2D eigenvalue weighted by atomic mass is 10.3. The van der Waals surface area contributed by atoms with Crippen molar-refractivity contribution in [3.8, 4) is 0 Å². The lowest BCUT2D eigenvalue weighted by molar-refractivity contribution is 1.37. The number of nitrogens with zero attached hydrogens (tertiary/aromatic N) is 1. The Balaban J connectivity index is 0.000000379. The fourth-order valence-corrected chi connectivity index (χ4v) is 1.91. The number of rotatable bonds is 0. The van der Waals surface area contributed by atoms with E-state index in [2.05, 4.69) is 18.0 Å². The van der Waals surface area contributed by atoms with E-state index in [-0.39, 0.29) is 0 Å². The highest BCUT2D eigenvalue weighted by molar-refractivity contribution is 7.18. The van der Waals surface area contributed by atoms with Crippen molar-refractivity contribution in [2.45, 2.75) is 34.6 Å². The van der Waals surface area contributed by atoms with Crippen LogP contribution in [0.4, 0.5) is 0 Å². The van der Waals surface area contributed by atoms with Crippen molar-refractivity contribution >= 4 is 21.4 Å². The van der Waals surface area contributed by atoms with Crippen molar-refractivity contribution in [1.82, 2.24) is 4.98 Å². The molecule has 0 saturated heterocycles. The van der Waals surface area contributed by atoms with Gasteiger partial charge in [0, 0.05) is 27.4 Å². The Labute approximate surface area is 90.8 Å². The van der Waals surface area contributed by atoms with Crippen LogP contribution in [0.5, 0.6) is 0 Å². The predicted octanol–water partition coefficient (Wildman–Crippen LogP) is 4.66. The lowest BCUT2D eigenvalue weighted by Crippen LogP contribution is -1.64. The molecule has 0 radical (unpaired) electrons. The van der Waals surface area contributed by atoms with Crippen LogP contribution in [0.2, 0.25) is 0 Å². The van der Waals surface area contributed by atoms with Gasteiger partial charge >= 0.3 is 0 Å². The van der Waals surface area contributed by atoms with Gasteiger partial charge in [-0.2, -0.15) is 0 Å². The highest BCUT2D eigenvalue weighted by Crippen LogP contribution is 2.22. The summed E-state index contributed by atoms with van der Waals surface area (Å²) < 4.78 is 1.33. The quantitative estimate of drug-likeness (QED) is 0.615. The Kier molecular flexibility index (Phi) is 7.03. The zero-order valence-corrected chi connectivity index (χ0v) is 10.5. The molecule has 0 bridgehead atoms. The predicted molar refractivity (Wildman–Crippen MR) is 67.1 cm³/mol. The molecule has 0 aliphatic heterocycles. The second-order valence-corrected chi connectivity index (χ2v) is 3.56. The van der Waals surface area contributed by atoms with Crippen LogP contribution in [0.3, 0.4) is 0 Å². The van der Waals surface area contributed by atoms with Crippen LogP contribution < -0.4 is 0 Å². The van der Waals surface area contributed by atoms with Crippen LogP contribution in [0.25, 0.3) is 10.1 Å². The van der Waals surface area contributed by atoms with Crippen molar-refractivity contribution in [3.63, 3.8) is 0 Å². The van der Waals surface area contributed by atoms with E-state index in [1.54, 1.807) is 0 Å². The fraction of sp³-hybridized carbons (Fsp3) is 0.417. The van der Waals surface area contributed by atoms with E-state index >= 15 is 0 Å². The summed E-state index contributed by atoms with van der Waals surface area (Å²) >= 11 is 1.81. The van der Waals surface area contributed by atoms with Crippen LogP contribution in [0, 0.1) is 6.92 Å². The molecule has 2 rings (SSSR count). The Bertz CT molecular complexity index is 319. The minimum Gasteiger partial charge on any atom is -0.264 e. The fourth-order valence-electron chi connectivity index (χ4n) is 1.02. The van der Waals surface area contributed by atoms with E-state index < -0.39 is 0 Å². The number of pyridine rings is 1. The Morgan fingerprint density at radius 2 is 1.79 bits per heavy atom. The Morgan fingerprint density at radius 3 is 2.36 bits per heavy atom. The first-order chi connectivity index (χ1) is 6.86. The molecular formula is C12H19NS. The monoisotopic (exact) mass is 209 g/mol. The molecule has 0 saturated carbocycles. The zero-order valence-electron chi connectivity index (χ0n) is 9.66. The smallest absolute Gasteiger partial charge is 0.0376 e. The molecule has 0 aromatic carbocycles. The van der Waals surface area contributed by atoms with Gasteiger partial charge in [0.2, 0.25) is 0 Å². The van der Waals surface area contributed by atoms with E-state index in [0.29, 0.717) is 0 Å².